The lowest BCUT2D eigenvalue weighted by atomic mass is 10.1. The summed E-state index contributed by atoms with van der Waals surface area (Å²) in [6, 6.07) is 9.81. The van der Waals surface area contributed by atoms with E-state index in [1.54, 1.807) is 13.1 Å². The van der Waals surface area contributed by atoms with Crippen LogP contribution in [0.4, 0.5) is 0 Å². The zero-order valence-electron chi connectivity index (χ0n) is 13.4. The van der Waals surface area contributed by atoms with Crippen LogP contribution < -0.4 is 10.9 Å². The summed E-state index contributed by atoms with van der Waals surface area (Å²) in [5.74, 6) is 0.143. The van der Waals surface area contributed by atoms with Crippen molar-refractivity contribution in [3.8, 4) is 0 Å². The molecule has 1 aromatic carbocycles. The number of hydrogen-bond acceptors (Lipinski definition) is 5. The molecule has 5 nitrogen and oxygen atoms in total. The van der Waals surface area contributed by atoms with E-state index in [2.05, 4.69) is 10.3 Å². The van der Waals surface area contributed by atoms with Gasteiger partial charge in [0.25, 0.3) is 5.56 Å². The molecule has 7 heteroatoms. The highest BCUT2D eigenvalue weighted by Gasteiger charge is 2.11. The van der Waals surface area contributed by atoms with Crippen molar-refractivity contribution in [2.24, 2.45) is 7.05 Å². The van der Waals surface area contributed by atoms with Gasteiger partial charge >= 0.3 is 0 Å². The Kier molecular flexibility index (Phi) is 5.01. The number of amides is 1. The maximum Gasteiger partial charge on any atom is 0.262 e. The predicted molar refractivity (Wildman–Crippen MR) is 98.6 cm³/mol. The maximum atomic E-state index is 12.2. The Morgan fingerprint density at radius 3 is 2.79 bits per heavy atom. The minimum absolute atomic E-state index is 0.0798. The summed E-state index contributed by atoms with van der Waals surface area (Å²) in [5, 5.41) is 5.91. The highest BCUT2D eigenvalue weighted by Crippen LogP contribution is 2.20. The van der Waals surface area contributed by atoms with Gasteiger partial charge in [0.2, 0.25) is 5.91 Å². The quantitative estimate of drug-likeness (QED) is 0.562. The molecule has 0 unspecified atom stereocenters. The van der Waals surface area contributed by atoms with Gasteiger partial charge in [-0.1, -0.05) is 41.6 Å². The number of carbonyl (C=O) groups excluding carboxylic acids is 1. The third-order valence-corrected chi connectivity index (χ3v) is 5.44. The van der Waals surface area contributed by atoms with E-state index in [1.807, 2.05) is 36.6 Å². The molecule has 3 rings (SSSR count). The number of thioether (sulfide) groups is 1. The molecule has 24 heavy (non-hydrogen) atoms. The molecule has 0 saturated heterocycles. The van der Waals surface area contributed by atoms with Crippen molar-refractivity contribution in [3.05, 3.63) is 57.2 Å². The third kappa shape index (κ3) is 3.68. The largest absolute Gasteiger partial charge is 0.351 e. The average molecular weight is 359 g/mol. The topological polar surface area (TPSA) is 64.0 Å². The van der Waals surface area contributed by atoms with E-state index >= 15 is 0 Å². The van der Waals surface area contributed by atoms with Crippen molar-refractivity contribution < 1.29 is 4.79 Å². The van der Waals surface area contributed by atoms with Gasteiger partial charge in [0, 0.05) is 13.6 Å². The second-order valence-corrected chi connectivity index (χ2v) is 7.29. The zero-order chi connectivity index (χ0) is 17.1. The van der Waals surface area contributed by atoms with E-state index in [0.717, 1.165) is 5.56 Å². The molecular formula is C17H17N3O2S2. The van der Waals surface area contributed by atoms with Gasteiger partial charge in [-0.25, -0.2) is 4.98 Å². The van der Waals surface area contributed by atoms with Crippen LogP contribution >= 0.6 is 23.1 Å². The Morgan fingerprint density at radius 2 is 2.04 bits per heavy atom. The number of thiophene rings is 1. The van der Waals surface area contributed by atoms with Crippen molar-refractivity contribution in [2.45, 2.75) is 18.6 Å². The van der Waals surface area contributed by atoms with Gasteiger partial charge in [0.1, 0.15) is 4.83 Å². The number of hydrogen-bond donors (Lipinski definition) is 1. The lowest BCUT2D eigenvalue weighted by molar-refractivity contribution is -0.118. The van der Waals surface area contributed by atoms with Crippen LogP contribution in [0.5, 0.6) is 0 Å². The van der Waals surface area contributed by atoms with Crippen LogP contribution in [0.3, 0.4) is 0 Å². The average Bonchev–Trinajstić information content (AvgIpc) is 3.05. The van der Waals surface area contributed by atoms with E-state index in [0.29, 0.717) is 21.9 Å². The monoisotopic (exact) mass is 359 g/mol. The van der Waals surface area contributed by atoms with Crippen LogP contribution in [-0.2, 0) is 18.4 Å². The minimum atomic E-state index is -0.0823. The summed E-state index contributed by atoms with van der Waals surface area (Å²) in [4.78, 5) is 29.4. The summed E-state index contributed by atoms with van der Waals surface area (Å²) in [6.45, 7) is 2.52. The van der Waals surface area contributed by atoms with Crippen LogP contribution in [-0.4, -0.2) is 21.2 Å². The zero-order valence-corrected chi connectivity index (χ0v) is 15.0. The normalized spacial score (nSPS) is 10.9. The Bertz CT molecular complexity index is 929. The van der Waals surface area contributed by atoms with Gasteiger partial charge in [0.05, 0.1) is 11.1 Å². The van der Waals surface area contributed by atoms with E-state index in [1.165, 1.54) is 33.2 Å². The Labute approximate surface area is 147 Å². The molecule has 0 saturated carbocycles. The van der Waals surface area contributed by atoms with Crippen molar-refractivity contribution in [1.29, 1.82) is 0 Å². The highest BCUT2D eigenvalue weighted by atomic mass is 32.2. The molecule has 0 spiro atoms. The summed E-state index contributed by atoms with van der Waals surface area (Å²) in [5.41, 5.74) is 2.17. The van der Waals surface area contributed by atoms with Crippen molar-refractivity contribution in [3.63, 3.8) is 0 Å². The van der Waals surface area contributed by atoms with Gasteiger partial charge in [-0.2, -0.15) is 0 Å². The molecular weight excluding hydrogens is 342 g/mol. The number of fused-ring (bicyclic) bond motifs is 1. The first kappa shape index (κ1) is 16.7. The van der Waals surface area contributed by atoms with Crippen molar-refractivity contribution in [1.82, 2.24) is 14.9 Å². The molecule has 0 atom stereocenters. The standard InChI is InChI=1S/C17H17N3O2S2/c1-11-3-5-12(6-4-11)9-18-14(21)10-24-17-19-15-13(7-8-23-15)16(22)20(17)2/h3-8H,9-10H2,1-2H3,(H,18,21). The smallest absolute Gasteiger partial charge is 0.262 e. The molecule has 124 valence electrons. The second kappa shape index (κ2) is 7.19. The van der Waals surface area contributed by atoms with E-state index in [-0.39, 0.29) is 17.2 Å². The number of rotatable bonds is 5. The summed E-state index contributed by atoms with van der Waals surface area (Å²) in [7, 11) is 1.68. The molecule has 3 aromatic rings. The van der Waals surface area contributed by atoms with E-state index in [9.17, 15) is 9.59 Å². The van der Waals surface area contributed by atoms with Crippen LogP contribution in [0.1, 0.15) is 11.1 Å². The van der Waals surface area contributed by atoms with Crippen LogP contribution in [0.15, 0.2) is 45.7 Å². The van der Waals surface area contributed by atoms with Crippen molar-refractivity contribution in [2.75, 3.05) is 5.75 Å². The molecule has 0 bridgehead atoms. The number of carbonyl (C=O) groups is 1. The summed E-state index contributed by atoms with van der Waals surface area (Å²) < 4.78 is 1.49. The minimum Gasteiger partial charge on any atom is -0.351 e. The maximum absolute atomic E-state index is 12.2. The molecule has 0 aliphatic carbocycles. The molecule has 0 aliphatic heterocycles. The third-order valence-electron chi connectivity index (χ3n) is 3.61. The summed E-state index contributed by atoms with van der Waals surface area (Å²) in [6.07, 6.45) is 0. The Hall–Kier alpha value is -2.12. The Balaban J connectivity index is 1.61. The van der Waals surface area contributed by atoms with Crippen LogP contribution in [0.2, 0.25) is 0 Å². The molecule has 2 heterocycles. The lowest BCUT2D eigenvalue weighted by Crippen LogP contribution is -2.25. The fraction of sp³-hybridized carbons (Fsp3) is 0.235. The first-order chi connectivity index (χ1) is 11.5. The van der Waals surface area contributed by atoms with E-state index in [4.69, 9.17) is 0 Å². The van der Waals surface area contributed by atoms with Gasteiger partial charge in [0.15, 0.2) is 5.16 Å². The van der Waals surface area contributed by atoms with Gasteiger partial charge in [-0.3, -0.25) is 14.2 Å². The molecule has 0 radical (unpaired) electrons. The van der Waals surface area contributed by atoms with Crippen LogP contribution in [0.25, 0.3) is 10.2 Å². The molecule has 2 aromatic heterocycles. The highest BCUT2D eigenvalue weighted by molar-refractivity contribution is 7.99. The molecule has 0 fully saturated rings. The number of nitrogens with zero attached hydrogens (tertiary/aromatic N) is 2. The van der Waals surface area contributed by atoms with Gasteiger partial charge < -0.3 is 5.32 Å². The van der Waals surface area contributed by atoms with Crippen LogP contribution in [0, 0.1) is 6.92 Å². The van der Waals surface area contributed by atoms with Crippen molar-refractivity contribution >= 4 is 39.2 Å². The lowest BCUT2D eigenvalue weighted by Gasteiger charge is -2.08. The summed E-state index contributed by atoms with van der Waals surface area (Å²) >= 11 is 2.70. The fourth-order valence-corrected chi connectivity index (χ4v) is 3.80. The second-order valence-electron chi connectivity index (χ2n) is 5.45. The molecule has 0 aliphatic rings. The molecule has 1 N–H and O–H groups in total. The number of aryl methyl sites for hydroxylation is 1. The van der Waals surface area contributed by atoms with Gasteiger partial charge in [-0.15, -0.1) is 11.3 Å². The predicted octanol–water partition coefficient (Wildman–Crippen LogP) is 2.71. The molecule has 1 amide bonds. The number of nitrogens with one attached hydrogen (secondary N) is 1. The van der Waals surface area contributed by atoms with Gasteiger partial charge in [-0.05, 0) is 23.9 Å². The Morgan fingerprint density at radius 1 is 1.29 bits per heavy atom. The SMILES string of the molecule is Cc1ccc(CNC(=O)CSc2nc3sccc3c(=O)n2C)cc1. The first-order valence-corrected chi connectivity index (χ1v) is 9.30. The number of benzene rings is 1. The fourth-order valence-electron chi connectivity index (χ4n) is 2.20. The first-order valence-electron chi connectivity index (χ1n) is 7.44. The van der Waals surface area contributed by atoms with E-state index < -0.39 is 0 Å². The number of aromatic nitrogens is 2.